The lowest BCUT2D eigenvalue weighted by Gasteiger charge is -2.08. The number of carbonyl (C=O) groups is 1. The van der Waals surface area contributed by atoms with Gasteiger partial charge in [-0.2, -0.15) is 5.10 Å². The summed E-state index contributed by atoms with van der Waals surface area (Å²) < 4.78 is 14.9. The summed E-state index contributed by atoms with van der Waals surface area (Å²) in [4.78, 5) is 15.6. The highest BCUT2D eigenvalue weighted by atomic mass is 19.1. The van der Waals surface area contributed by atoms with Crippen LogP contribution in [0.3, 0.4) is 0 Å². The second-order valence-corrected chi connectivity index (χ2v) is 5.79. The highest BCUT2D eigenvalue weighted by molar-refractivity contribution is 5.66. The van der Waals surface area contributed by atoms with E-state index in [2.05, 4.69) is 10.1 Å². The van der Waals surface area contributed by atoms with Gasteiger partial charge in [-0.1, -0.05) is 12.8 Å². The summed E-state index contributed by atoms with van der Waals surface area (Å²) in [6.45, 7) is 1.49. The predicted molar refractivity (Wildman–Crippen MR) is 79.0 cm³/mol. The van der Waals surface area contributed by atoms with Crippen molar-refractivity contribution in [3.05, 3.63) is 35.4 Å². The Hall–Kier alpha value is -2.24. The van der Waals surface area contributed by atoms with Crippen LogP contribution < -0.4 is 0 Å². The number of benzene rings is 1. The number of hydrogen-bond acceptors (Lipinski definition) is 3. The van der Waals surface area contributed by atoms with E-state index in [0.717, 1.165) is 31.5 Å². The Morgan fingerprint density at radius 3 is 2.77 bits per heavy atom. The fourth-order valence-corrected chi connectivity index (χ4v) is 2.99. The molecule has 0 unspecified atom stereocenters. The summed E-state index contributed by atoms with van der Waals surface area (Å²) >= 11 is 0. The highest BCUT2D eigenvalue weighted by Gasteiger charge is 2.25. The van der Waals surface area contributed by atoms with Gasteiger partial charge in [0, 0.05) is 11.5 Å². The van der Waals surface area contributed by atoms with E-state index in [9.17, 15) is 9.18 Å². The lowest BCUT2D eigenvalue weighted by Crippen LogP contribution is -2.15. The smallest absolute Gasteiger partial charge is 0.325 e. The van der Waals surface area contributed by atoms with Crippen LogP contribution in [-0.2, 0) is 11.3 Å². The molecular formula is C16H18FN3O2. The van der Waals surface area contributed by atoms with E-state index >= 15 is 0 Å². The first-order chi connectivity index (χ1) is 10.5. The molecule has 22 heavy (non-hydrogen) atoms. The highest BCUT2D eigenvalue weighted by Crippen LogP contribution is 2.34. The van der Waals surface area contributed by atoms with Crippen molar-refractivity contribution < 1.29 is 14.3 Å². The summed E-state index contributed by atoms with van der Waals surface area (Å²) in [5.41, 5.74) is 1.23. The maximum absolute atomic E-state index is 13.4. The third kappa shape index (κ3) is 2.86. The molecule has 0 atom stereocenters. The Balaban J connectivity index is 2.00. The molecule has 6 heteroatoms. The number of aryl methyl sites for hydroxylation is 1. The summed E-state index contributed by atoms with van der Waals surface area (Å²) in [5.74, 6) is 0.251. The minimum atomic E-state index is -0.939. The number of nitrogens with zero attached hydrogens (tertiary/aromatic N) is 3. The second kappa shape index (κ2) is 5.87. The van der Waals surface area contributed by atoms with E-state index in [-0.39, 0.29) is 18.3 Å². The van der Waals surface area contributed by atoms with Crippen molar-refractivity contribution in [2.45, 2.75) is 45.1 Å². The van der Waals surface area contributed by atoms with Crippen molar-refractivity contribution in [2.75, 3.05) is 0 Å². The molecule has 2 aromatic rings. The molecule has 116 valence electrons. The summed E-state index contributed by atoms with van der Waals surface area (Å²) in [5, 5.41) is 13.4. The molecule has 0 bridgehead atoms. The lowest BCUT2D eigenvalue weighted by atomic mass is 10.1. The van der Waals surface area contributed by atoms with Crippen LogP contribution in [0.25, 0.3) is 11.4 Å². The third-order valence-electron chi connectivity index (χ3n) is 4.12. The van der Waals surface area contributed by atoms with Gasteiger partial charge in [0.15, 0.2) is 5.82 Å². The molecule has 1 aliphatic rings. The number of halogens is 1. The van der Waals surface area contributed by atoms with Gasteiger partial charge in [0.2, 0.25) is 0 Å². The molecular weight excluding hydrogens is 285 g/mol. The van der Waals surface area contributed by atoms with Crippen molar-refractivity contribution in [3.8, 4) is 11.4 Å². The maximum Gasteiger partial charge on any atom is 0.325 e. The maximum atomic E-state index is 13.4. The molecule has 0 aliphatic heterocycles. The largest absolute Gasteiger partial charge is 0.480 e. The summed E-state index contributed by atoms with van der Waals surface area (Å²) in [7, 11) is 0. The zero-order valence-electron chi connectivity index (χ0n) is 12.4. The van der Waals surface area contributed by atoms with E-state index in [1.807, 2.05) is 0 Å². The Morgan fingerprint density at radius 1 is 1.41 bits per heavy atom. The molecule has 1 aliphatic carbocycles. The number of carboxylic acids is 1. The fraction of sp³-hybridized carbons (Fsp3) is 0.438. The van der Waals surface area contributed by atoms with Crippen LogP contribution in [0.15, 0.2) is 18.2 Å². The molecule has 1 fully saturated rings. The summed E-state index contributed by atoms with van der Waals surface area (Å²) in [6.07, 6.45) is 4.30. The molecule has 0 spiro atoms. The topological polar surface area (TPSA) is 68.0 Å². The summed E-state index contributed by atoms with van der Waals surface area (Å²) in [6, 6.07) is 4.70. The molecule has 0 amide bonds. The first-order valence-corrected chi connectivity index (χ1v) is 7.47. The Kier molecular flexibility index (Phi) is 3.92. The molecule has 1 N–H and O–H groups in total. The van der Waals surface area contributed by atoms with Gasteiger partial charge in [-0.25, -0.2) is 14.1 Å². The quantitative estimate of drug-likeness (QED) is 0.942. The van der Waals surface area contributed by atoms with Gasteiger partial charge in [-0.05, 0) is 43.5 Å². The van der Waals surface area contributed by atoms with E-state index < -0.39 is 5.97 Å². The zero-order chi connectivity index (χ0) is 15.7. The minimum Gasteiger partial charge on any atom is -0.480 e. The molecule has 3 rings (SSSR count). The van der Waals surface area contributed by atoms with Gasteiger partial charge in [-0.3, -0.25) is 4.79 Å². The molecule has 1 aromatic heterocycles. The third-order valence-corrected chi connectivity index (χ3v) is 4.12. The van der Waals surface area contributed by atoms with E-state index in [4.69, 9.17) is 5.11 Å². The number of hydrogen-bond donors (Lipinski definition) is 1. The van der Waals surface area contributed by atoms with Crippen LogP contribution in [0, 0.1) is 12.7 Å². The zero-order valence-corrected chi connectivity index (χ0v) is 12.4. The molecule has 0 radical (unpaired) electrons. The van der Waals surface area contributed by atoms with Crippen LogP contribution in [0.5, 0.6) is 0 Å². The monoisotopic (exact) mass is 303 g/mol. The van der Waals surface area contributed by atoms with Gasteiger partial charge < -0.3 is 5.11 Å². The standard InChI is InChI=1S/C16H18FN3O2/c1-10-8-12(6-7-13(10)17)15-18-16(11-4-2-3-5-11)20(19-15)9-14(21)22/h6-8,11H,2-5,9H2,1H3,(H,21,22). The van der Waals surface area contributed by atoms with Gasteiger partial charge >= 0.3 is 5.97 Å². The van der Waals surface area contributed by atoms with E-state index in [1.165, 1.54) is 10.7 Å². The van der Waals surface area contributed by atoms with Crippen LogP contribution in [0.4, 0.5) is 4.39 Å². The van der Waals surface area contributed by atoms with Crippen LogP contribution >= 0.6 is 0 Å². The van der Waals surface area contributed by atoms with Gasteiger partial charge in [0.1, 0.15) is 18.2 Å². The average molecular weight is 303 g/mol. The number of aromatic nitrogens is 3. The van der Waals surface area contributed by atoms with Gasteiger partial charge in [-0.15, -0.1) is 0 Å². The van der Waals surface area contributed by atoms with Crippen molar-refractivity contribution >= 4 is 5.97 Å². The van der Waals surface area contributed by atoms with Crippen LogP contribution in [0.1, 0.15) is 43.0 Å². The predicted octanol–water partition coefficient (Wildman–Crippen LogP) is 3.13. The SMILES string of the molecule is Cc1cc(-c2nc(C3CCCC3)n(CC(=O)O)n2)ccc1F. The van der Waals surface area contributed by atoms with Crippen molar-refractivity contribution in [2.24, 2.45) is 0 Å². The van der Waals surface area contributed by atoms with E-state index in [1.54, 1.807) is 19.1 Å². The normalized spacial score (nSPS) is 15.4. The lowest BCUT2D eigenvalue weighted by molar-refractivity contribution is -0.137. The van der Waals surface area contributed by atoms with Crippen molar-refractivity contribution in [1.82, 2.24) is 14.8 Å². The number of carboxylic acid groups (broad SMARTS) is 1. The van der Waals surface area contributed by atoms with Crippen LogP contribution in [0.2, 0.25) is 0 Å². The molecule has 0 saturated heterocycles. The van der Waals surface area contributed by atoms with Crippen LogP contribution in [-0.4, -0.2) is 25.8 Å². The van der Waals surface area contributed by atoms with Crippen molar-refractivity contribution in [1.29, 1.82) is 0 Å². The molecule has 1 heterocycles. The Bertz CT molecular complexity index is 705. The average Bonchev–Trinajstić information content (AvgIpc) is 3.10. The molecule has 5 nitrogen and oxygen atoms in total. The van der Waals surface area contributed by atoms with Crippen molar-refractivity contribution in [3.63, 3.8) is 0 Å². The Labute approximate surface area is 127 Å². The molecule has 1 saturated carbocycles. The first-order valence-electron chi connectivity index (χ1n) is 7.47. The minimum absolute atomic E-state index is 0.195. The number of rotatable bonds is 4. The fourth-order valence-electron chi connectivity index (χ4n) is 2.99. The van der Waals surface area contributed by atoms with Gasteiger partial charge in [0.25, 0.3) is 0 Å². The van der Waals surface area contributed by atoms with Gasteiger partial charge in [0.05, 0.1) is 0 Å². The molecule has 1 aromatic carbocycles. The Morgan fingerprint density at radius 2 is 2.14 bits per heavy atom. The second-order valence-electron chi connectivity index (χ2n) is 5.79. The van der Waals surface area contributed by atoms with E-state index in [0.29, 0.717) is 17.0 Å². The number of aliphatic carboxylic acids is 1. The first kappa shape index (κ1) is 14.7.